The number of benzene rings is 1. The molecule has 0 aromatic heterocycles. The van der Waals surface area contributed by atoms with E-state index in [1.54, 1.807) is 0 Å². The Morgan fingerprint density at radius 3 is 2.64 bits per heavy atom. The summed E-state index contributed by atoms with van der Waals surface area (Å²) >= 11 is 6.16. The molecule has 0 aliphatic carbocycles. The lowest BCUT2D eigenvalue weighted by molar-refractivity contribution is -0.140. The van der Waals surface area contributed by atoms with Gasteiger partial charge >= 0.3 is 5.97 Å². The van der Waals surface area contributed by atoms with Gasteiger partial charge in [0.2, 0.25) is 0 Å². The number of nitrogens with one attached hydrogen (secondary N) is 2. The first-order valence-corrected chi connectivity index (χ1v) is 8.87. The summed E-state index contributed by atoms with van der Waals surface area (Å²) in [7, 11) is 1.42. The van der Waals surface area contributed by atoms with Crippen molar-refractivity contribution in [2.24, 2.45) is 4.99 Å². The Bertz CT molecular complexity index is 527. The molecule has 0 spiro atoms. The highest BCUT2D eigenvalue weighted by molar-refractivity contribution is 14.0. The minimum absolute atomic E-state index is 0. The van der Waals surface area contributed by atoms with E-state index >= 15 is 0 Å². The molecule has 1 rings (SSSR count). The summed E-state index contributed by atoms with van der Waals surface area (Å²) in [6.07, 6.45) is 4.11. The van der Waals surface area contributed by atoms with Crippen LogP contribution in [-0.2, 0) is 16.0 Å². The van der Waals surface area contributed by atoms with Gasteiger partial charge in [0, 0.05) is 31.1 Å². The van der Waals surface area contributed by atoms with Crippen LogP contribution >= 0.6 is 35.6 Å². The van der Waals surface area contributed by atoms with Crippen LogP contribution in [0.4, 0.5) is 0 Å². The van der Waals surface area contributed by atoms with Crippen LogP contribution < -0.4 is 10.6 Å². The van der Waals surface area contributed by atoms with Gasteiger partial charge in [0.25, 0.3) is 0 Å². The molecule has 0 heterocycles. The number of hydrogen-bond acceptors (Lipinski definition) is 3. The number of aliphatic imine (C=N–C) groups is 1. The molecule has 0 radical (unpaired) electrons. The Hall–Kier alpha value is -1.02. The van der Waals surface area contributed by atoms with Gasteiger partial charge in [-0.3, -0.25) is 9.79 Å². The Morgan fingerprint density at radius 2 is 1.96 bits per heavy atom. The molecule has 0 saturated heterocycles. The van der Waals surface area contributed by atoms with Crippen molar-refractivity contribution in [2.75, 3.05) is 26.7 Å². The molecule has 142 valence electrons. The maximum absolute atomic E-state index is 11.0. The number of carbonyl (C=O) groups excluding carboxylic acids is 1. The molecule has 0 aliphatic heterocycles. The summed E-state index contributed by atoms with van der Waals surface area (Å²) < 4.78 is 4.62. The Kier molecular flexibility index (Phi) is 14.6. The average molecular weight is 482 g/mol. The fourth-order valence-corrected chi connectivity index (χ4v) is 2.44. The van der Waals surface area contributed by atoms with Crippen LogP contribution in [0.2, 0.25) is 5.02 Å². The van der Waals surface area contributed by atoms with Gasteiger partial charge < -0.3 is 15.4 Å². The Labute approximate surface area is 173 Å². The van der Waals surface area contributed by atoms with Gasteiger partial charge in [-0.2, -0.15) is 0 Å². The number of esters is 1. The Morgan fingerprint density at radius 1 is 1.20 bits per heavy atom. The maximum Gasteiger partial charge on any atom is 0.305 e. The van der Waals surface area contributed by atoms with Gasteiger partial charge in [-0.15, -0.1) is 24.0 Å². The largest absolute Gasteiger partial charge is 0.469 e. The van der Waals surface area contributed by atoms with Crippen LogP contribution in [0.1, 0.15) is 38.2 Å². The normalized spacial score (nSPS) is 10.8. The second-order valence-corrected chi connectivity index (χ2v) is 5.82. The van der Waals surface area contributed by atoms with Gasteiger partial charge in [0.1, 0.15) is 0 Å². The number of rotatable bonds is 10. The predicted octanol–water partition coefficient (Wildman–Crippen LogP) is 3.79. The summed E-state index contributed by atoms with van der Waals surface area (Å²) in [5.41, 5.74) is 1.13. The zero-order valence-electron chi connectivity index (χ0n) is 15.0. The average Bonchev–Trinajstić information content (AvgIpc) is 2.59. The third kappa shape index (κ3) is 11.3. The van der Waals surface area contributed by atoms with Gasteiger partial charge in [-0.1, -0.05) is 36.2 Å². The van der Waals surface area contributed by atoms with E-state index in [0.29, 0.717) is 6.42 Å². The second kappa shape index (κ2) is 15.3. The highest BCUT2D eigenvalue weighted by Crippen LogP contribution is 2.14. The van der Waals surface area contributed by atoms with Crippen LogP contribution in [0.3, 0.4) is 0 Å². The van der Waals surface area contributed by atoms with Crippen molar-refractivity contribution in [3.05, 3.63) is 34.9 Å². The summed E-state index contributed by atoms with van der Waals surface area (Å²) in [4.78, 5) is 15.6. The van der Waals surface area contributed by atoms with Crippen LogP contribution in [0, 0.1) is 0 Å². The summed E-state index contributed by atoms with van der Waals surface area (Å²) in [5.74, 6) is 0.672. The van der Waals surface area contributed by atoms with E-state index in [-0.39, 0.29) is 29.9 Å². The molecule has 1 aromatic carbocycles. The highest BCUT2D eigenvalue weighted by atomic mass is 127. The highest BCUT2D eigenvalue weighted by Gasteiger charge is 2.01. The molecular weight excluding hydrogens is 453 g/mol. The molecule has 0 saturated carbocycles. The zero-order valence-corrected chi connectivity index (χ0v) is 18.1. The number of halogens is 2. The lowest BCUT2D eigenvalue weighted by Crippen LogP contribution is -2.38. The number of nitrogens with zero attached hydrogens (tertiary/aromatic N) is 1. The smallest absolute Gasteiger partial charge is 0.305 e. The summed E-state index contributed by atoms with van der Waals surface area (Å²) in [6.45, 7) is 4.38. The molecule has 0 atom stereocenters. The zero-order chi connectivity index (χ0) is 17.6. The molecule has 0 aliphatic rings. The van der Waals surface area contributed by atoms with Gasteiger partial charge in [-0.05, 0) is 37.8 Å². The quantitative estimate of drug-likeness (QED) is 0.175. The van der Waals surface area contributed by atoms with Crippen LogP contribution in [0.25, 0.3) is 0 Å². The van der Waals surface area contributed by atoms with E-state index in [9.17, 15) is 4.79 Å². The standard InChI is InChI=1S/C18H28ClN3O2.HI/c1-3-20-18(21-13-8-4-5-11-17(23)24-2)22-14-12-15-9-6-7-10-16(15)19;/h6-7,9-10H,3-5,8,11-14H2,1-2H3,(H2,20,21,22);1H. The van der Waals surface area contributed by atoms with Crippen molar-refractivity contribution in [2.45, 2.75) is 39.0 Å². The third-order valence-electron chi connectivity index (χ3n) is 3.53. The molecular formula is C18H29ClIN3O2. The molecule has 2 N–H and O–H groups in total. The molecule has 0 unspecified atom stereocenters. The molecule has 0 fully saturated rings. The van der Waals surface area contributed by atoms with Crippen molar-refractivity contribution in [1.29, 1.82) is 0 Å². The number of guanidine groups is 1. The summed E-state index contributed by atoms with van der Waals surface area (Å²) in [6, 6.07) is 7.87. The van der Waals surface area contributed by atoms with Gasteiger partial charge in [-0.25, -0.2) is 0 Å². The lowest BCUT2D eigenvalue weighted by Gasteiger charge is -2.11. The first kappa shape index (κ1) is 24.0. The molecule has 7 heteroatoms. The minimum atomic E-state index is -0.145. The summed E-state index contributed by atoms with van der Waals surface area (Å²) in [5, 5.41) is 7.35. The van der Waals surface area contributed by atoms with Crippen molar-refractivity contribution in [3.63, 3.8) is 0 Å². The van der Waals surface area contributed by atoms with Crippen LogP contribution in [0.5, 0.6) is 0 Å². The number of ether oxygens (including phenoxy) is 1. The maximum atomic E-state index is 11.0. The minimum Gasteiger partial charge on any atom is -0.469 e. The first-order chi connectivity index (χ1) is 11.7. The third-order valence-corrected chi connectivity index (χ3v) is 3.89. The molecule has 5 nitrogen and oxygen atoms in total. The van der Waals surface area contributed by atoms with E-state index in [1.807, 2.05) is 31.2 Å². The Balaban J connectivity index is 0.00000576. The van der Waals surface area contributed by atoms with E-state index < -0.39 is 0 Å². The lowest BCUT2D eigenvalue weighted by atomic mass is 10.1. The van der Waals surface area contributed by atoms with Gasteiger partial charge in [0.15, 0.2) is 5.96 Å². The van der Waals surface area contributed by atoms with E-state index in [0.717, 1.165) is 61.9 Å². The number of methoxy groups -OCH3 is 1. The molecule has 25 heavy (non-hydrogen) atoms. The molecule has 0 amide bonds. The van der Waals surface area contributed by atoms with Crippen molar-refractivity contribution in [3.8, 4) is 0 Å². The van der Waals surface area contributed by atoms with Crippen molar-refractivity contribution < 1.29 is 9.53 Å². The van der Waals surface area contributed by atoms with E-state index in [4.69, 9.17) is 11.6 Å². The van der Waals surface area contributed by atoms with Crippen molar-refractivity contribution >= 4 is 47.5 Å². The van der Waals surface area contributed by atoms with Crippen molar-refractivity contribution in [1.82, 2.24) is 10.6 Å². The van der Waals surface area contributed by atoms with E-state index in [2.05, 4.69) is 20.4 Å². The second-order valence-electron chi connectivity index (χ2n) is 5.42. The topological polar surface area (TPSA) is 62.7 Å². The SMILES string of the molecule is CCNC(=NCCCCCC(=O)OC)NCCc1ccccc1Cl.I. The predicted molar refractivity (Wildman–Crippen MR) is 115 cm³/mol. The fourth-order valence-electron chi connectivity index (χ4n) is 2.21. The molecule has 0 bridgehead atoms. The van der Waals surface area contributed by atoms with Crippen LogP contribution in [-0.4, -0.2) is 38.7 Å². The number of carbonyl (C=O) groups is 1. The monoisotopic (exact) mass is 481 g/mol. The fraction of sp³-hybridized carbons (Fsp3) is 0.556. The number of hydrogen-bond donors (Lipinski definition) is 2. The van der Waals surface area contributed by atoms with Crippen LogP contribution in [0.15, 0.2) is 29.3 Å². The molecule has 1 aromatic rings. The van der Waals surface area contributed by atoms with Gasteiger partial charge in [0.05, 0.1) is 7.11 Å². The first-order valence-electron chi connectivity index (χ1n) is 8.49. The number of unbranched alkanes of at least 4 members (excludes halogenated alkanes) is 2. The van der Waals surface area contributed by atoms with E-state index in [1.165, 1.54) is 7.11 Å².